The van der Waals surface area contributed by atoms with Crippen molar-refractivity contribution >= 4 is 5.84 Å². The van der Waals surface area contributed by atoms with Crippen LogP contribution in [0.15, 0.2) is 5.16 Å². The third-order valence-corrected chi connectivity index (χ3v) is 2.54. The molecule has 96 valence electrons. The topological polar surface area (TPSA) is 70.6 Å². The molecular formula is C9H18F3N3O. The molecule has 0 bridgehead atoms. The van der Waals surface area contributed by atoms with Crippen molar-refractivity contribution in [3.8, 4) is 0 Å². The first-order chi connectivity index (χ1) is 7.14. The van der Waals surface area contributed by atoms with E-state index in [2.05, 4.69) is 10.5 Å². The van der Waals surface area contributed by atoms with E-state index in [4.69, 9.17) is 10.9 Å². The molecule has 4 N–H and O–H groups in total. The van der Waals surface area contributed by atoms with Crippen LogP contribution in [-0.4, -0.2) is 29.3 Å². The molecule has 0 aromatic rings. The molecule has 7 heteroatoms. The molecule has 0 spiro atoms. The smallest absolute Gasteiger partial charge is 0.400 e. The fourth-order valence-corrected chi connectivity index (χ4v) is 0.961. The Morgan fingerprint density at radius 1 is 1.44 bits per heavy atom. The second-order valence-electron chi connectivity index (χ2n) is 4.24. The average molecular weight is 241 g/mol. The van der Waals surface area contributed by atoms with Crippen LogP contribution in [0.5, 0.6) is 0 Å². The van der Waals surface area contributed by atoms with Gasteiger partial charge in [0.15, 0.2) is 5.84 Å². The minimum Gasteiger partial charge on any atom is -0.409 e. The molecule has 0 fully saturated rings. The van der Waals surface area contributed by atoms with Gasteiger partial charge in [0, 0.05) is 12.1 Å². The maximum atomic E-state index is 12.5. The molecule has 0 aliphatic carbocycles. The van der Waals surface area contributed by atoms with E-state index in [1.54, 1.807) is 13.8 Å². The first-order valence-electron chi connectivity index (χ1n) is 4.93. The van der Waals surface area contributed by atoms with Crippen molar-refractivity contribution in [1.82, 2.24) is 5.32 Å². The van der Waals surface area contributed by atoms with Crippen molar-refractivity contribution in [3.05, 3.63) is 0 Å². The highest BCUT2D eigenvalue weighted by Gasteiger charge is 2.43. The molecule has 4 nitrogen and oxygen atoms in total. The van der Waals surface area contributed by atoms with Crippen LogP contribution in [0.25, 0.3) is 0 Å². The molecule has 1 atom stereocenters. The number of rotatable bonds is 5. The van der Waals surface area contributed by atoms with Crippen molar-refractivity contribution in [1.29, 1.82) is 0 Å². The molecule has 0 rings (SSSR count). The summed E-state index contributed by atoms with van der Waals surface area (Å²) in [6, 6.07) is 0. The summed E-state index contributed by atoms with van der Waals surface area (Å²) in [5.41, 5.74) is 4.60. The molecule has 0 saturated heterocycles. The van der Waals surface area contributed by atoms with Gasteiger partial charge >= 0.3 is 6.18 Å². The number of oxime groups is 1. The van der Waals surface area contributed by atoms with E-state index in [9.17, 15) is 13.2 Å². The Bertz CT molecular complexity index is 251. The van der Waals surface area contributed by atoms with E-state index in [0.717, 1.165) is 0 Å². The van der Waals surface area contributed by atoms with E-state index in [1.165, 1.54) is 0 Å². The number of hydrogen-bond donors (Lipinski definition) is 3. The lowest BCUT2D eigenvalue weighted by Crippen LogP contribution is -2.48. The first-order valence-corrected chi connectivity index (χ1v) is 4.93. The van der Waals surface area contributed by atoms with E-state index >= 15 is 0 Å². The second kappa shape index (κ2) is 5.38. The summed E-state index contributed by atoms with van der Waals surface area (Å²) in [5, 5.41) is 13.4. The van der Waals surface area contributed by atoms with Crippen LogP contribution in [0.4, 0.5) is 13.2 Å². The Kier molecular flexibility index (Phi) is 5.05. The molecule has 1 unspecified atom stereocenters. The number of nitrogens with one attached hydrogen (secondary N) is 1. The van der Waals surface area contributed by atoms with Gasteiger partial charge in [0.2, 0.25) is 0 Å². The van der Waals surface area contributed by atoms with Crippen LogP contribution in [0, 0.1) is 5.92 Å². The van der Waals surface area contributed by atoms with E-state index in [0.29, 0.717) is 6.42 Å². The maximum Gasteiger partial charge on any atom is 0.400 e. The fourth-order valence-electron chi connectivity index (χ4n) is 0.961. The molecule has 0 saturated carbocycles. The van der Waals surface area contributed by atoms with Gasteiger partial charge in [-0.15, -0.1) is 0 Å². The molecule has 0 aromatic carbocycles. The number of hydrogen-bond acceptors (Lipinski definition) is 3. The second-order valence-corrected chi connectivity index (χ2v) is 4.24. The van der Waals surface area contributed by atoms with E-state index in [-0.39, 0.29) is 0 Å². The summed E-state index contributed by atoms with van der Waals surface area (Å²) >= 11 is 0. The molecule has 0 radical (unpaired) electrons. The molecule has 16 heavy (non-hydrogen) atoms. The van der Waals surface area contributed by atoms with Crippen LogP contribution in [0.3, 0.4) is 0 Å². The van der Waals surface area contributed by atoms with Gasteiger partial charge < -0.3 is 16.3 Å². The molecular weight excluding hydrogens is 223 g/mol. The Morgan fingerprint density at radius 3 is 2.25 bits per heavy atom. The Morgan fingerprint density at radius 2 is 1.94 bits per heavy atom. The highest BCUT2D eigenvalue weighted by Crippen LogP contribution is 2.26. The molecule has 0 amide bonds. The van der Waals surface area contributed by atoms with Crippen LogP contribution in [0.2, 0.25) is 0 Å². The normalized spacial score (nSPS) is 16.2. The van der Waals surface area contributed by atoms with Crippen molar-refractivity contribution in [2.45, 2.75) is 38.9 Å². The van der Waals surface area contributed by atoms with E-state index in [1.807, 2.05) is 6.92 Å². The van der Waals surface area contributed by atoms with Crippen molar-refractivity contribution in [2.75, 3.05) is 6.54 Å². The van der Waals surface area contributed by atoms with Gasteiger partial charge in [-0.3, -0.25) is 0 Å². The predicted octanol–water partition coefficient (Wildman–Crippen LogP) is 1.69. The van der Waals surface area contributed by atoms with Crippen molar-refractivity contribution in [3.63, 3.8) is 0 Å². The number of alkyl halides is 3. The van der Waals surface area contributed by atoms with Crippen LogP contribution in [0.1, 0.15) is 27.2 Å². The summed E-state index contributed by atoms with van der Waals surface area (Å²) in [4.78, 5) is 0. The summed E-state index contributed by atoms with van der Waals surface area (Å²) in [5.74, 6) is -2.80. The van der Waals surface area contributed by atoms with Gasteiger partial charge in [-0.1, -0.05) is 12.1 Å². The zero-order valence-corrected chi connectivity index (χ0v) is 9.60. The van der Waals surface area contributed by atoms with Crippen molar-refractivity contribution in [2.24, 2.45) is 16.8 Å². The van der Waals surface area contributed by atoms with Gasteiger partial charge in [0.1, 0.15) is 5.92 Å². The molecule has 0 aliphatic rings. The molecule has 0 heterocycles. The van der Waals surface area contributed by atoms with Gasteiger partial charge in [-0.2, -0.15) is 13.2 Å². The number of halogens is 3. The quantitative estimate of drug-likeness (QED) is 0.297. The Hall–Kier alpha value is -0.980. The lowest BCUT2D eigenvalue weighted by molar-refractivity contribution is -0.155. The lowest BCUT2D eigenvalue weighted by atomic mass is 10.00. The van der Waals surface area contributed by atoms with E-state index < -0.39 is 30.0 Å². The molecule has 0 aromatic heterocycles. The molecule has 0 aliphatic heterocycles. The monoisotopic (exact) mass is 241 g/mol. The summed E-state index contributed by atoms with van der Waals surface area (Å²) in [7, 11) is 0. The average Bonchev–Trinajstić information content (AvgIpc) is 2.15. The highest BCUT2D eigenvalue weighted by molar-refractivity contribution is 5.83. The largest absolute Gasteiger partial charge is 0.409 e. The Balaban J connectivity index is 4.60. The fraction of sp³-hybridized carbons (Fsp3) is 0.889. The standard InChI is InChI=1S/C9H18F3N3O/c1-4-8(2,3)14-5-6(7(13)15-16)9(10,11)12/h6,14,16H,4-5H2,1-3H3,(H2,13,15). The van der Waals surface area contributed by atoms with Gasteiger partial charge in [-0.05, 0) is 20.3 Å². The summed E-state index contributed by atoms with van der Waals surface area (Å²) < 4.78 is 37.6. The first kappa shape index (κ1) is 15.0. The maximum absolute atomic E-state index is 12.5. The summed E-state index contributed by atoms with van der Waals surface area (Å²) in [6.07, 6.45) is -3.85. The van der Waals surface area contributed by atoms with Crippen molar-refractivity contribution < 1.29 is 18.4 Å². The van der Waals surface area contributed by atoms with Gasteiger partial charge in [0.25, 0.3) is 0 Å². The minimum absolute atomic E-state index is 0.403. The summed E-state index contributed by atoms with van der Waals surface area (Å²) in [6.45, 7) is 5.03. The minimum atomic E-state index is -4.52. The van der Waals surface area contributed by atoms with Crippen LogP contribution in [-0.2, 0) is 0 Å². The number of nitrogens with two attached hydrogens (primary N) is 1. The zero-order valence-electron chi connectivity index (χ0n) is 9.60. The SMILES string of the molecule is CCC(C)(C)NCC(C(N)=NO)C(F)(F)F. The Labute approximate surface area is 92.7 Å². The van der Waals surface area contributed by atoms with Gasteiger partial charge in [-0.25, -0.2) is 0 Å². The number of amidine groups is 1. The number of nitrogens with zero attached hydrogens (tertiary/aromatic N) is 1. The lowest BCUT2D eigenvalue weighted by Gasteiger charge is -2.28. The zero-order chi connectivity index (χ0) is 13.0. The van der Waals surface area contributed by atoms with Gasteiger partial charge in [0.05, 0.1) is 0 Å². The third-order valence-electron chi connectivity index (χ3n) is 2.54. The predicted molar refractivity (Wildman–Crippen MR) is 55.3 cm³/mol. The van der Waals surface area contributed by atoms with Crippen LogP contribution >= 0.6 is 0 Å². The van der Waals surface area contributed by atoms with Crippen LogP contribution < -0.4 is 11.1 Å². The highest BCUT2D eigenvalue weighted by atomic mass is 19.4. The third kappa shape index (κ3) is 4.69.